The summed E-state index contributed by atoms with van der Waals surface area (Å²) in [6.45, 7) is 6.50. The molecule has 1 N–H and O–H groups in total. The highest BCUT2D eigenvalue weighted by Gasteiger charge is 2.30. The highest BCUT2D eigenvalue weighted by Crippen LogP contribution is 2.21. The van der Waals surface area contributed by atoms with E-state index in [2.05, 4.69) is 40.3 Å². The molecule has 0 aliphatic heterocycles. The first-order valence-corrected chi connectivity index (χ1v) is 14.3. The van der Waals surface area contributed by atoms with E-state index in [1.54, 1.807) is 16.7 Å². The van der Waals surface area contributed by atoms with Crippen LogP contribution in [0.25, 0.3) is 0 Å². The van der Waals surface area contributed by atoms with Gasteiger partial charge in [-0.05, 0) is 54.7 Å². The second-order valence-electron chi connectivity index (χ2n) is 9.09. The number of rotatable bonds is 12. The van der Waals surface area contributed by atoms with Crippen LogP contribution in [-0.4, -0.2) is 34.6 Å². The number of carbonyl (C=O) groups excluding carboxylic acids is 2. The predicted octanol–water partition coefficient (Wildman–Crippen LogP) is 6.55. The number of hydrogen-bond acceptors (Lipinski definition) is 3. The summed E-state index contributed by atoms with van der Waals surface area (Å²) in [5, 5.41) is 3.12. The number of benzene rings is 3. The van der Waals surface area contributed by atoms with E-state index in [1.807, 2.05) is 80.6 Å². The molecule has 2 atom stereocenters. The lowest BCUT2D eigenvalue weighted by molar-refractivity contribution is -0.139. The van der Waals surface area contributed by atoms with Gasteiger partial charge in [0.05, 0.1) is 5.75 Å². The molecule has 0 aromatic heterocycles. The fourth-order valence-electron chi connectivity index (χ4n) is 3.93. The van der Waals surface area contributed by atoms with Gasteiger partial charge in [-0.2, -0.15) is 0 Å². The van der Waals surface area contributed by atoms with E-state index in [1.165, 1.54) is 11.1 Å². The third-order valence-corrected chi connectivity index (χ3v) is 7.72. The summed E-state index contributed by atoms with van der Waals surface area (Å²) < 4.78 is 0.949. The van der Waals surface area contributed by atoms with E-state index < -0.39 is 6.04 Å². The lowest BCUT2D eigenvalue weighted by atomic mass is 10.0. The van der Waals surface area contributed by atoms with Crippen molar-refractivity contribution in [3.8, 4) is 0 Å². The van der Waals surface area contributed by atoms with E-state index in [4.69, 9.17) is 0 Å². The number of aryl methyl sites for hydroxylation is 1. The minimum absolute atomic E-state index is 0.0335. The topological polar surface area (TPSA) is 49.4 Å². The van der Waals surface area contributed by atoms with Crippen LogP contribution in [0.3, 0.4) is 0 Å². The van der Waals surface area contributed by atoms with Crippen molar-refractivity contribution >= 4 is 39.5 Å². The maximum Gasteiger partial charge on any atom is 0.243 e. The molecule has 2 amide bonds. The molecule has 0 unspecified atom stereocenters. The average molecular weight is 568 g/mol. The first-order chi connectivity index (χ1) is 17.4. The molecule has 0 radical (unpaired) electrons. The molecular formula is C30H35BrN2O2S. The third kappa shape index (κ3) is 8.52. The molecule has 0 bridgehead atoms. The van der Waals surface area contributed by atoms with Gasteiger partial charge in [-0.3, -0.25) is 9.59 Å². The minimum Gasteiger partial charge on any atom is -0.352 e. The van der Waals surface area contributed by atoms with Crippen LogP contribution in [0, 0.1) is 6.92 Å². The van der Waals surface area contributed by atoms with Crippen molar-refractivity contribution in [2.24, 2.45) is 0 Å². The maximum atomic E-state index is 13.7. The molecule has 0 aliphatic rings. The summed E-state index contributed by atoms with van der Waals surface area (Å²) in [6, 6.07) is 25.5. The Labute approximate surface area is 228 Å². The quantitative estimate of drug-likeness (QED) is 0.270. The third-order valence-electron chi connectivity index (χ3n) is 6.26. The Morgan fingerprint density at radius 2 is 1.67 bits per heavy atom. The molecule has 0 saturated heterocycles. The van der Waals surface area contributed by atoms with Crippen LogP contribution in [0.4, 0.5) is 0 Å². The van der Waals surface area contributed by atoms with Gasteiger partial charge in [-0.15, -0.1) is 11.8 Å². The molecule has 6 heteroatoms. The van der Waals surface area contributed by atoms with Gasteiger partial charge in [0.25, 0.3) is 0 Å². The first kappa shape index (κ1) is 28.0. The van der Waals surface area contributed by atoms with Crippen LogP contribution in [-0.2, 0) is 28.3 Å². The Kier molecular flexibility index (Phi) is 11.1. The Balaban J connectivity index is 1.86. The molecule has 3 aromatic rings. The van der Waals surface area contributed by atoms with Crippen LogP contribution >= 0.6 is 27.7 Å². The number of nitrogens with zero attached hydrogens (tertiary/aromatic N) is 1. The van der Waals surface area contributed by atoms with Crippen LogP contribution in [0.15, 0.2) is 83.3 Å². The summed E-state index contributed by atoms with van der Waals surface area (Å²) >= 11 is 5.13. The molecule has 0 saturated carbocycles. The first-order valence-electron chi connectivity index (χ1n) is 12.4. The molecule has 3 aromatic carbocycles. The molecular weight excluding hydrogens is 532 g/mol. The monoisotopic (exact) mass is 566 g/mol. The highest BCUT2D eigenvalue weighted by molar-refractivity contribution is 9.10. The average Bonchev–Trinajstić information content (AvgIpc) is 2.87. The Morgan fingerprint density at radius 1 is 0.972 bits per heavy atom. The number of carbonyl (C=O) groups is 2. The summed E-state index contributed by atoms with van der Waals surface area (Å²) in [4.78, 5) is 29.0. The van der Waals surface area contributed by atoms with Gasteiger partial charge in [0.2, 0.25) is 11.8 Å². The van der Waals surface area contributed by atoms with Gasteiger partial charge in [0.15, 0.2) is 0 Å². The van der Waals surface area contributed by atoms with Crippen molar-refractivity contribution in [2.45, 2.75) is 58.0 Å². The van der Waals surface area contributed by atoms with Crippen molar-refractivity contribution in [1.29, 1.82) is 0 Å². The molecule has 0 spiro atoms. The van der Waals surface area contributed by atoms with Gasteiger partial charge in [0, 0.05) is 29.2 Å². The van der Waals surface area contributed by atoms with E-state index in [0.29, 0.717) is 18.7 Å². The van der Waals surface area contributed by atoms with Crippen molar-refractivity contribution in [3.05, 3.63) is 106 Å². The van der Waals surface area contributed by atoms with Gasteiger partial charge in [0.1, 0.15) is 6.04 Å². The highest BCUT2D eigenvalue weighted by atomic mass is 79.9. The van der Waals surface area contributed by atoms with Gasteiger partial charge < -0.3 is 10.2 Å². The van der Waals surface area contributed by atoms with E-state index in [-0.39, 0.29) is 17.9 Å². The second-order valence-corrected chi connectivity index (χ2v) is 11.0. The van der Waals surface area contributed by atoms with Gasteiger partial charge in [-0.25, -0.2) is 0 Å². The number of halogens is 1. The van der Waals surface area contributed by atoms with Crippen molar-refractivity contribution in [3.63, 3.8) is 0 Å². The maximum absolute atomic E-state index is 13.7. The largest absolute Gasteiger partial charge is 0.352 e. The normalized spacial score (nSPS) is 12.6. The minimum atomic E-state index is -0.605. The Bertz CT molecular complexity index is 1140. The summed E-state index contributed by atoms with van der Waals surface area (Å²) in [6.07, 6.45) is 1.29. The zero-order valence-corrected chi connectivity index (χ0v) is 23.6. The number of amides is 2. The lowest BCUT2D eigenvalue weighted by Crippen LogP contribution is -2.52. The molecule has 0 fully saturated rings. The molecule has 3 rings (SSSR count). The molecule has 0 aliphatic carbocycles. The van der Waals surface area contributed by atoms with Crippen molar-refractivity contribution < 1.29 is 9.59 Å². The Hall–Kier alpha value is -2.57. The fraction of sp³-hybridized carbons (Fsp3) is 0.333. The summed E-state index contributed by atoms with van der Waals surface area (Å²) in [5.41, 5.74) is 4.46. The standard InChI is InChI=1S/C30H35BrN2O2S/c1-4-23(3)32-30(35)28(18-24-12-6-5-7-13-24)33(19-25-14-10-16-27(31)17-25)29(34)21-36-20-26-15-9-8-11-22(26)2/h5-17,23,28H,4,18-21H2,1-3H3,(H,32,35)/t23-,28+/m0/s1. The van der Waals surface area contributed by atoms with Crippen molar-refractivity contribution in [1.82, 2.24) is 10.2 Å². The van der Waals surface area contributed by atoms with Gasteiger partial charge >= 0.3 is 0 Å². The van der Waals surface area contributed by atoms with Crippen LogP contribution < -0.4 is 5.32 Å². The second kappa shape index (κ2) is 14.2. The van der Waals surface area contributed by atoms with Crippen LogP contribution in [0.2, 0.25) is 0 Å². The van der Waals surface area contributed by atoms with Gasteiger partial charge in [-0.1, -0.05) is 89.6 Å². The van der Waals surface area contributed by atoms with E-state index in [9.17, 15) is 9.59 Å². The molecule has 0 heterocycles. The molecule has 36 heavy (non-hydrogen) atoms. The smallest absolute Gasteiger partial charge is 0.243 e. The van der Waals surface area contributed by atoms with Crippen LogP contribution in [0.1, 0.15) is 42.5 Å². The summed E-state index contributed by atoms with van der Waals surface area (Å²) in [7, 11) is 0. The summed E-state index contributed by atoms with van der Waals surface area (Å²) in [5.74, 6) is 0.921. The number of thioether (sulfide) groups is 1. The van der Waals surface area contributed by atoms with Crippen LogP contribution in [0.5, 0.6) is 0 Å². The van der Waals surface area contributed by atoms with E-state index >= 15 is 0 Å². The molecule has 190 valence electrons. The zero-order chi connectivity index (χ0) is 25.9. The number of hydrogen-bond donors (Lipinski definition) is 1. The fourth-order valence-corrected chi connectivity index (χ4v) is 5.36. The SMILES string of the molecule is CC[C@H](C)NC(=O)[C@@H](Cc1ccccc1)N(Cc1cccc(Br)c1)C(=O)CSCc1ccccc1C. The predicted molar refractivity (Wildman–Crippen MR) is 154 cm³/mol. The lowest BCUT2D eigenvalue weighted by Gasteiger charge is -2.32. The zero-order valence-electron chi connectivity index (χ0n) is 21.2. The molecule has 4 nitrogen and oxygen atoms in total. The Morgan fingerprint density at radius 3 is 2.36 bits per heavy atom. The van der Waals surface area contributed by atoms with E-state index in [0.717, 1.165) is 27.8 Å². The van der Waals surface area contributed by atoms with Crippen molar-refractivity contribution in [2.75, 3.05) is 5.75 Å². The number of nitrogens with one attached hydrogen (secondary N) is 1.